The zero-order chi connectivity index (χ0) is 23.0. The minimum atomic E-state index is 0.101. The van der Waals surface area contributed by atoms with Crippen molar-refractivity contribution in [2.45, 2.75) is 26.4 Å². The molecule has 0 saturated carbocycles. The van der Waals surface area contributed by atoms with E-state index >= 15 is 0 Å². The van der Waals surface area contributed by atoms with Crippen molar-refractivity contribution in [2.75, 3.05) is 7.11 Å². The normalized spacial score (nSPS) is 15.8. The lowest BCUT2D eigenvalue weighted by atomic mass is 9.98. The third-order valence-corrected chi connectivity index (χ3v) is 5.53. The van der Waals surface area contributed by atoms with Crippen molar-refractivity contribution in [1.29, 1.82) is 0 Å². The molecule has 0 bridgehead atoms. The number of benzene rings is 2. The van der Waals surface area contributed by atoms with E-state index in [-0.39, 0.29) is 12.4 Å². The topological polar surface area (TPSA) is 55.2 Å². The summed E-state index contributed by atoms with van der Waals surface area (Å²) in [6.45, 7) is 2.04. The van der Waals surface area contributed by atoms with Gasteiger partial charge < -0.3 is 9.84 Å². The molecule has 1 heterocycles. The number of nitrogens with zero attached hydrogens (tertiary/aromatic N) is 2. The molecule has 0 aliphatic heterocycles. The second kappa shape index (κ2) is 10.7. The van der Waals surface area contributed by atoms with Crippen LogP contribution in [0.25, 0.3) is 5.57 Å². The van der Waals surface area contributed by atoms with Gasteiger partial charge in [-0.25, -0.2) is 9.97 Å². The Balaban J connectivity index is 1.52. The van der Waals surface area contributed by atoms with Gasteiger partial charge in [-0.05, 0) is 41.2 Å². The molecule has 1 aromatic heterocycles. The van der Waals surface area contributed by atoms with Crippen molar-refractivity contribution < 1.29 is 9.84 Å². The summed E-state index contributed by atoms with van der Waals surface area (Å²) >= 11 is 0. The van der Waals surface area contributed by atoms with Gasteiger partial charge >= 0.3 is 0 Å². The quantitative estimate of drug-likeness (QED) is 0.500. The fourth-order valence-corrected chi connectivity index (χ4v) is 3.79. The van der Waals surface area contributed by atoms with Crippen LogP contribution < -0.4 is 0 Å². The Kier molecular flexibility index (Phi) is 7.28. The fourth-order valence-electron chi connectivity index (χ4n) is 3.79. The molecule has 4 heteroatoms. The van der Waals surface area contributed by atoms with Crippen molar-refractivity contribution >= 4 is 5.57 Å². The second-order valence-electron chi connectivity index (χ2n) is 8.07. The van der Waals surface area contributed by atoms with Gasteiger partial charge in [0.2, 0.25) is 0 Å². The van der Waals surface area contributed by atoms with Crippen molar-refractivity contribution in [1.82, 2.24) is 9.97 Å². The molecule has 1 aliphatic rings. The maximum atomic E-state index is 10.2. The SMILES string of the molecule is COCc1nc(CC2=C/C=C(c3ccc(Cc4ccccc4)cc3)\C=C\C=C2)nc(C)c1O. The van der Waals surface area contributed by atoms with Crippen LogP contribution in [0.15, 0.2) is 96.6 Å². The first-order chi connectivity index (χ1) is 16.1. The lowest BCUT2D eigenvalue weighted by Crippen LogP contribution is -2.04. The van der Waals surface area contributed by atoms with Crippen LogP contribution in [0.5, 0.6) is 5.75 Å². The Morgan fingerprint density at radius 3 is 2.30 bits per heavy atom. The molecule has 0 saturated heterocycles. The van der Waals surface area contributed by atoms with Gasteiger partial charge in [0.15, 0.2) is 5.75 Å². The highest BCUT2D eigenvalue weighted by atomic mass is 16.5. The molecule has 1 N–H and O–H groups in total. The summed E-state index contributed by atoms with van der Waals surface area (Å²) in [5, 5.41) is 10.2. The average molecular weight is 437 g/mol. The Bertz CT molecular complexity index is 1220. The number of ether oxygens (including phenoxy) is 1. The molecule has 3 aromatic rings. The van der Waals surface area contributed by atoms with E-state index in [1.807, 2.05) is 12.1 Å². The van der Waals surface area contributed by atoms with Gasteiger partial charge in [-0.1, -0.05) is 91.1 Å². The Morgan fingerprint density at radius 2 is 1.55 bits per heavy atom. The zero-order valence-electron chi connectivity index (χ0n) is 19.0. The first kappa shape index (κ1) is 22.4. The van der Waals surface area contributed by atoms with Crippen molar-refractivity contribution in [3.8, 4) is 5.75 Å². The number of aromatic hydroxyl groups is 1. The number of hydrogen-bond acceptors (Lipinski definition) is 4. The number of allylic oxidation sites excluding steroid dienone is 8. The lowest BCUT2D eigenvalue weighted by molar-refractivity contribution is 0.177. The van der Waals surface area contributed by atoms with E-state index in [1.54, 1.807) is 14.0 Å². The lowest BCUT2D eigenvalue weighted by Gasteiger charge is -2.10. The molecule has 0 atom stereocenters. The van der Waals surface area contributed by atoms with Crippen LogP contribution >= 0.6 is 0 Å². The maximum Gasteiger partial charge on any atom is 0.160 e. The number of aryl methyl sites for hydroxylation is 1. The van der Waals surface area contributed by atoms with Crippen molar-refractivity contribution in [3.63, 3.8) is 0 Å². The predicted octanol–water partition coefficient (Wildman–Crippen LogP) is 5.91. The Morgan fingerprint density at radius 1 is 0.818 bits per heavy atom. The minimum absolute atomic E-state index is 0.101. The average Bonchev–Trinajstić information content (AvgIpc) is 2.81. The smallest absolute Gasteiger partial charge is 0.160 e. The van der Waals surface area contributed by atoms with Crippen LogP contribution in [-0.4, -0.2) is 22.2 Å². The highest BCUT2D eigenvalue weighted by Gasteiger charge is 2.11. The minimum Gasteiger partial charge on any atom is -0.504 e. The Labute approximate surface area is 195 Å². The monoisotopic (exact) mass is 436 g/mol. The van der Waals surface area contributed by atoms with E-state index in [4.69, 9.17) is 4.74 Å². The first-order valence-corrected chi connectivity index (χ1v) is 11.1. The molecule has 33 heavy (non-hydrogen) atoms. The van der Waals surface area contributed by atoms with Gasteiger partial charge in [-0.15, -0.1) is 0 Å². The maximum absolute atomic E-state index is 10.2. The molecule has 0 radical (unpaired) electrons. The van der Waals surface area contributed by atoms with Gasteiger partial charge in [0, 0.05) is 13.5 Å². The third-order valence-electron chi connectivity index (χ3n) is 5.53. The van der Waals surface area contributed by atoms with Crippen LogP contribution in [0.3, 0.4) is 0 Å². The predicted molar refractivity (Wildman–Crippen MR) is 133 cm³/mol. The number of hydrogen-bond donors (Lipinski definition) is 1. The molecule has 166 valence electrons. The molecule has 4 rings (SSSR count). The van der Waals surface area contributed by atoms with E-state index in [9.17, 15) is 5.11 Å². The zero-order valence-corrected chi connectivity index (χ0v) is 19.0. The van der Waals surface area contributed by atoms with E-state index in [0.717, 1.165) is 17.6 Å². The number of aromatic nitrogens is 2. The van der Waals surface area contributed by atoms with Crippen molar-refractivity contribution in [2.24, 2.45) is 0 Å². The molecule has 0 fully saturated rings. The second-order valence-corrected chi connectivity index (χ2v) is 8.07. The molecule has 0 spiro atoms. The summed E-state index contributed by atoms with van der Waals surface area (Å²) in [6.07, 6.45) is 14.0. The van der Waals surface area contributed by atoms with E-state index in [0.29, 0.717) is 23.6 Å². The molecule has 0 amide bonds. The molecule has 0 unspecified atom stereocenters. The number of rotatable bonds is 7. The van der Waals surface area contributed by atoms with E-state index in [2.05, 4.69) is 88.9 Å². The largest absolute Gasteiger partial charge is 0.504 e. The molecule has 1 aliphatic carbocycles. The summed E-state index contributed by atoms with van der Waals surface area (Å²) in [4.78, 5) is 8.95. The first-order valence-electron chi connectivity index (χ1n) is 11.1. The highest BCUT2D eigenvalue weighted by Crippen LogP contribution is 2.23. The highest BCUT2D eigenvalue weighted by molar-refractivity contribution is 5.76. The fraction of sp³-hybridized carbons (Fsp3) is 0.172. The van der Waals surface area contributed by atoms with Crippen molar-refractivity contribution in [3.05, 3.63) is 131 Å². The van der Waals surface area contributed by atoms with Crippen LogP contribution in [0, 0.1) is 6.92 Å². The number of methoxy groups -OCH3 is 1. The van der Waals surface area contributed by atoms with Gasteiger partial charge in [0.1, 0.15) is 11.5 Å². The summed E-state index contributed by atoms with van der Waals surface area (Å²) in [5.41, 5.74) is 7.10. The summed E-state index contributed by atoms with van der Waals surface area (Å²) in [5.74, 6) is 0.765. The Hall–Kier alpha value is -3.76. The van der Waals surface area contributed by atoms with Crippen LogP contribution in [0.1, 0.15) is 33.9 Å². The van der Waals surface area contributed by atoms with Crippen LogP contribution in [-0.2, 0) is 24.2 Å². The molecule has 4 nitrogen and oxygen atoms in total. The molecular weight excluding hydrogens is 408 g/mol. The molecule has 2 aromatic carbocycles. The van der Waals surface area contributed by atoms with Gasteiger partial charge in [-0.2, -0.15) is 0 Å². The third kappa shape index (κ3) is 5.93. The standard InChI is InChI=1S/C29H28N2O2/c1-21-29(32)27(20-33-2)31-28(30-21)19-23-10-6-7-11-25(15-12-23)26-16-13-24(14-17-26)18-22-8-4-3-5-9-22/h3-17,32H,18-20H2,1-2H3/b7-6?,10-6?,11-7+,15-12?,23-10?,23-12?,25-11?,25-15+. The summed E-state index contributed by atoms with van der Waals surface area (Å²) in [6, 6.07) is 19.3. The summed E-state index contributed by atoms with van der Waals surface area (Å²) < 4.78 is 5.15. The van der Waals surface area contributed by atoms with Crippen LogP contribution in [0.4, 0.5) is 0 Å². The van der Waals surface area contributed by atoms with Gasteiger partial charge in [-0.3, -0.25) is 0 Å². The van der Waals surface area contributed by atoms with E-state index in [1.165, 1.54) is 16.7 Å². The van der Waals surface area contributed by atoms with Gasteiger partial charge in [0.25, 0.3) is 0 Å². The van der Waals surface area contributed by atoms with Gasteiger partial charge in [0.05, 0.1) is 12.3 Å². The van der Waals surface area contributed by atoms with E-state index < -0.39 is 0 Å². The molecular formula is C29H28N2O2. The van der Waals surface area contributed by atoms with Crippen LogP contribution in [0.2, 0.25) is 0 Å². The summed E-state index contributed by atoms with van der Waals surface area (Å²) in [7, 11) is 1.59.